The minimum absolute atomic E-state index is 0.226. The number of hydrogen-bond acceptors (Lipinski definition) is 4. The molecule has 6 heteroatoms. The molecule has 6 nitrogen and oxygen atoms in total. The Bertz CT molecular complexity index is 1300. The number of methoxy groups -OCH3 is 1. The lowest BCUT2D eigenvalue weighted by Crippen LogP contribution is -2.45. The van der Waals surface area contributed by atoms with E-state index in [9.17, 15) is 9.59 Å². The first-order valence-corrected chi connectivity index (χ1v) is 11.0. The third kappa shape index (κ3) is 5.35. The molecule has 0 heterocycles. The zero-order valence-corrected chi connectivity index (χ0v) is 19.1. The van der Waals surface area contributed by atoms with Crippen molar-refractivity contribution >= 4 is 22.6 Å². The van der Waals surface area contributed by atoms with E-state index in [0.717, 1.165) is 33.2 Å². The van der Waals surface area contributed by atoms with Gasteiger partial charge in [-0.15, -0.1) is 0 Å². The van der Waals surface area contributed by atoms with Crippen LogP contribution in [0.15, 0.2) is 91.0 Å². The Morgan fingerprint density at radius 1 is 0.824 bits per heavy atom. The van der Waals surface area contributed by atoms with Crippen LogP contribution >= 0.6 is 0 Å². The van der Waals surface area contributed by atoms with Crippen LogP contribution in [0, 0.1) is 0 Å². The van der Waals surface area contributed by atoms with Crippen molar-refractivity contribution in [2.75, 3.05) is 13.7 Å². The van der Waals surface area contributed by atoms with Gasteiger partial charge in [0.05, 0.1) is 13.0 Å². The Hall–Kier alpha value is -4.32. The molecule has 0 aliphatic carbocycles. The first-order valence-electron chi connectivity index (χ1n) is 11.0. The molecule has 0 spiro atoms. The van der Waals surface area contributed by atoms with Crippen LogP contribution in [0.4, 0.5) is 0 Å². The summed E-state index contributed by atoms with van der Waals surface area (Å²) in [7, 11) is 1.63. The third-order valence-electron chi connectivity index (χ3n) is 5.62. The maximum absolute atomic E-state index is 12.6. The second kappa shape index (κ2) is 10.5. The Morgan fingerprint density at radius 3 is 2.32 bits per heavy atom. The average molecular weight is 455 g/mol. The number of ether oxygens (including phenoxy) is 2. The molecule has 1 atom stereocenters. The standard InChI is InChI=1S/C28H26N2O4/c1-19(21-12-13-23-17-24(33-2)15-14-22(23)16-21)28(32)30-29-27(31)18-34-26-11-7-6-10-25(26)20-8-4-3-5-9-20/h3-17,19H,18H2,1-2H3,(H,29,31)(H,30,32)/t19-/m0/s1. The van der Waals surface area contributed by atoms with Crippen molar-refractivity contribution in [3.63, 3.8) is 0 Å². The van der Waals surface area contributed by atoms with Crippen LogP contribution < -0.4 is 20.3 Å². The number of fused-ring (bicyclic) bond motifs is 1. The van der Waals surface area contributed by atoms with E-state index in [0.29, 0.717) is 5.75 Å². The highest BCUT2D eigenvalue weighted by atomic mass is 16.5. The van der Waals surface area contributed by atoms with E-state index in [4.69, 9.17) is 9.47 Å². The first-order chi connectivity index (χ1) is 16.5. The van der Waals surface area contributed by atoms with Gasteiger partial charge in [0.25, 0.3) is 5.91 Å². The van der Waals surface area contributed by atoms with Crippen molar-refractivity contribution in [3.8, 4) is 22.6 Å². The number of hydrogen-bond donors (Lipinski definition) is 2. The fraction of sp³-hybridized carbons (Fsp3) is 0.143. The summed E-state index contributed by atoms with van der Waals surface area (Å²) in [6.07, 6.45) is 0. The lowest BCUT2D eigenvalue weighted by Gasteiger charge is -2.15. The molecule has 0 aliphatic heterocycles. The highest BCUT2D eigenvalue weighted by molar-refractivity contribution is 5.89. The lowest BCUT2D eigenvalue weighted by atomic mass is 9.97. The van der Waals surface area contributed by atoms with Gasteiger partial charge in [0, 0.05) is 5.56 Å². The largest absolute Gasteiger partial charge is 0.497 e. The van der Waals surface area contributed by atoms with E-state index in [1.165, 1.54) is 0 Å². The number of nitrogens with one attached hydrogen (secondary N) is 2. The van der Waals surface area contributed by atoms with Gasteiger partial charge in [-0.05, 0) is 47.0 Å². The second-order valence-electron chi connectivity index (χ2n) is 7.88. The first kappa shape index (κ1) is 22.9. The van der Waals surface area contributed by atoms with Gasteiger partial charge in [-0.25, -0.2) is 0 Å². The van der Waals surface area contributed by atoms with Crippen molar-refractivity contribution in [2.45, 2.75) is 12.8 Å². The van der Waals surface area contributed by atoms with Gasteiger partial charge in [0.2, 0.25) is 5.91 Å². The minimum atomic E-state index is -0.452. The molecule has 0 saturated heterocycles. The molecule has 4 aromatic rings. The summed E-state index contributed by atoms with van der Waals surface area (Å²) in [5, 5.41) is 2.03. The van der Waals surface area contributed by atoms with Crippen LogP contribution in [0.5, 0.6) is 11.5 Å². The Balaban J connectivity index is 1.33. The molecule has 4 aromatic carbocycles. The molecule has 0 fully saturated rings. The van der Waals surface area contributed by atoms with Crippen LogP contribution in [0.1, 0.15) is 18.4 Å². The number of hydrazine groups is 1. The summed E-state index contributed by atoms with van der Waals surface area (Å²) < 4.78 is 11.0. The van der Waals surface area contributed by atoms with Crippen molar-refractivity contribution < 1.29 is 19.1 Å². The normalized spacial score (nSPS) is 11.5. The van der Waals surface area contributed by atoms with Gasteiger partial charge in [-0.1, -0.05) is 72.8 Å². The predicted octanol–water partition coefficient (Wildman–Crippen LogP) is 4.85. The summed E-state index contributed by atoms with van der Waals surface area (Å²) in [4.78, 5) is 24.9. The minimum Gasteiger partial charge on any atom is -0.497 e. The molecule has 0 aromatic heterocycles. The zero-order valence-electron chi connectivity index (χ0n) is 19.1. The van der Waals surface area contributed by atoms with E-state index in [1.54, 1.807) is 14.0 Å². The number of carbonyl (C=O) groups is 2. The predicted molar refractivity (Wildman–Crippen MR) is 133 cm³/mol. The highest BCUT2D eigenvalue weighted by Crippen LogP contribution is 2.29. The molecule has 172 valence electrons. The van der Waals surface area contributed by atoms with Crippen LogP contribution in [0.3, 0.4) is 0 Å². The maximum Gasteiger partial charge on any atom is 0.276 e. The van der Waals surface area contributed by atoms with Crippen LogP contribution in [0.2, 0.25) is 0 Å². The Labute approximate surface area is 198 Å². The van der Waals surface area contributed by atoms with E-state index in [1.807, 2.05) is 91.0 Å². The van der Waals surface area contributed by atoms with Gasteiger partial charge < -0.3 is 9.47 Å². The third-order valence-corrected chi connectivity index (χ3v) is 5.62. The molecule has 0 bridgehead atoms. The Morgan fingerprint density at radius 2 is 1.53 bits per heavy atom. The fourth-order valence-electron chi connectivity index (χ4n) is 3.66. The van der Waals surface area contributed by atoms with E-state index in [2.05, 4.69) is 10.9 Å². The number of benzene rings is 4. The maximum atomic E-state index is 12.6. The fourth-order valence-corrected chi connectivity index (χ4v) is 3.66. The summed E-state index contributed by atoms with van der Waals surface area (Å²) in [5.74, 6) is 0.158. The van der Waals surface area contributed by atoms with Crippen LogP contribution in [0.25, 0.3) is 21.9 Å². The van der Waals surface area contributed by atoms with Gasteiger partial charge in [0.1, 0.15) is 11.5 Å². The summed E-state index contributed by atoms with van der Waals surface area (Å²) >= 11 is 0. The van der Waals surface area contributed by atoms with E-state index >= 15 is 0 Å². The number of para-hydroxylation sites is 1. The van der Waals surface area contributed by atoms with Crippen molar-refractivity contribution in [1.29, 1.82) is 0 Å². The molecular weight excluding hydrogens is 428 g/mol. The molecule has 0 unspecified atom stereocenters. The van der Waals surface area contributed by atoms with E-state index < -0.39 is 11.8 Å². The molecule has 2 amide bonds. The summed E-state index contributed by atoms with van der Waals surface area (Å²) in [5.41, 5.74) is 7.66. The van der Waals surface area contributed by atoms with Crippen molar-refractivity contribution in [3.05, 3.63) is 96.6 Å². The summed E-state index contributed by atoms with van der Waals surface area (Å²) in [6.45, 7) is 1.56. The molecule has 0 saturated carbocycles. The number of amides is 2. The highest BCUT2D eigenvalue weighted by Gasteiger charge is 2.17. The second-order valence-corrected chi connectivity index (χ2v) is 7.88. The molecule has 2 N–H and O–H groups in total. The topological polar surface area (TPSA) is 76.7 Å². The average Bonchev–Trinajstić information content (AvgIpc) is 2.90. The molecular formula is C28H26N2O4. The summed E-state index contributed by atoms with van der Waals surface area (Å²) in [6, 6.07) is 28.9. The van der Waals surface area contributed by atoms with Gasteiger partial charge in [-0.2, -0.15) is 0 Å². The molecule has 4 rings (SSSR count). The van der Waals surface area contributed by atoms with E-state index in [-0.39, 0.29) is 12.5 Å². The van der Waals surface area contributed by atoms with Gasteiger partial charge in [-0.3, -0.25) is 20.4 Å². The van der Waals surface area contributed by atoms with Gasteiger partial charge in [0.15, 0.2) is 6.61 Å². The van der Waals surface area contributed by atoms with Crippen molar-refractivity contribution in [2.24, 2.45) is 0 Å². The smallest absolute Gasteiger partial charge is 0.276 e. The SMILES string of the molecule is COc1ccc2cc([C@H](C)C(=O)NNC(=O)COc3ccccc3-c3ccccc3)ccc2c1. The quantitative estimate of drug-likeness (QED) is 0.392. The lowest BCUT2D eigenvalue weighted by molar-refractivity contribution is -0.130. The van der Waals surface area contributed by atoms with Gasteiger partial charge >= 0.3 is 0 Å². The molecule has 0 aliphatic rings. The molecule has 0 radical (unpaired) electrons. The van der Waals surface area contributed by atoms with Crippen LogP contribution in [-0.4, -0.2) is 25.5 Å². The Kier molecular flexibility index (Phi) is 7.08. The van der Waals surface area contributed by atoms with Crippen LogP contribution in [-0.2, 0) is 9.59 Å². The number of carbonyl (C=O) groups excluding carboxylic acids is 2. The monoisotopic (exact) mass is 454 g/mol. The number of rotatable bonds is 7. The molecule has 34 heavy (non-hydrogen) atoms. The zero-order chi connectivity index (χ0) is 23.9. The van der Waals surface area contributed by atoms with Crippen molar-refractivity contribution in [1.82, 2.24) is 10.9 Å².